The maximum atomic E-state index is 12.9. The van der Waals surface area contributed by atoms with E-state index in [1.54, 1.807) is 17.9 Å². The van der Waals surface area contributed by atoms with E-state index in [9.17, 15) is 19.5 Å². The maximum absolute atomic E-state index is 12.9. The van der Waals surface area contributed by atoms with Crippen LogP contribution in [0.4, 0.5) is 4.79 Å². The van der Waals surface area contributed by atoms with Crippen LogP contribution >= 0.6 is 0 Å². The van der Waals surface area contributed by atoms with E-state index in [4.69, 9.17) is 4.74 Å². The molecule has 7 heteroatoms. The average molecular weight is 477 g/mol. The summed E-state index contributed by atoms with van der Waals surface area (Å²) >= 11 is 0. The third-order valence-electron chi connectivity index (χ3n) is 7.33. The summed E-state index contributed by atoms with van der Waals surface area (Å²) in [5.74, 6) is -1.06. The van der Waals surface area contributed by atoms with E-state index in [0.29, 0.717) is 31.4 Å². The Labute approximate surface area is 205 Å². The molecule has 184 valence electrons. The molecule has 2 aromatic carbocycles. The van der Waals surface area contributed by atoms with E-state index in [1.165, 1.54) is 11.1 Å². The summed E-state index contributed by atoms with van der Waals surface area (Å²) in [7, 11) is 0. The summed E-state index contributed by atoms with van der Waals surface area (Å²) < 4.78 is 5.53. The molecule has 0 bridgehead atoms. The van der Waals surface area contributed by atoms with Crippen LogP contribution in [0.3, 0.4) is 0 Å². The second-order valence-corrected chi connectivity index (χ2v) is 9.36. The quantitative estimate of drug-likeness (QED) is 0.571. The molecule has 1 atom stereocenters. The van der Waals surface area contributed by atoms with Gasteiger partial charge in [0, 0.05) is 31.1 Å². The van der Waals surface area contributed by atoms with Crippen molar-refractivity contribution >= 4 is 18.0 Å². The highest BCUT2D eigenvalue weighted by Gasteiger charge is 2.42. The minimum absolute atomic E-state index is 0.0147. The van der Waals surface area contributed by atoms with Gasteiger partial charge in [-0.15, -0.1) is 0 Å². The number of nitrogens with zero attached hydrogens (tertiary/aromatic N) is 1. The number of fused-ring (bicyclic) bond motifs is 3. The van der Waals surface area contributed by atoms with Gasteiger partial charge in [0.2, 0.25) is 5.91 Å². The van der Waals surface area contributed by atoms with Gasteiger partial charge in [0.05, 0.1) is 5.41 Å². The van der Waals surface area contributed by atoms with Crippen LogP contribution < -0.4 is 5.32 Å². The second kappa shape index (κ2) is 10.3. The standard InChI is InChI=1S/C28H32N2O5/c1-3-28(26(32)33)14-8-16-30(18-28)25(31)19(2)13-15-29-27(34)35-17-24-22-11-6-4-9-20(22)21-10-5-7-12-23(21)24/h4-7,9-13,24H,3,8,14-18H2,1-2H3,(H,29,34)(H,32,33)/b19-13+. The zero-order chi connectivity index (χ0) is 25.0. The molecule has 1 saturated heterocycles. The molecule has 1 aliphatic heterocycles. The van der Waals surface area contributed by atoms with E-state index in [-0.39, 0.29) is 31.5 Å². The number of rotatable bonds is 7. The Morgan fingerprint density at radius 2 is 1.74 bits per heavy atom. The van der Waals surface area contributed by atoms with Crippen molar-refractivity contribution in [1.29, 1.82) is 0 Å². The fraction of sp³-hybridized carbons (Fsp3) is 0.393. The van der Waals surface area contributed by atoms with Crippen LogP contribution in [-0.2, 0) is 14.3 Å². The Bertz CT molecular complexity index is 1110. The van der Waals surface area contributed by atoms with Gasteiger partial charge in [-0.1, -0.05) is 61.5 Å². The average Bonchev–Trinajstić information content (AvgIpc) is 3.20. The van der Waals surface area contributed by atoms with Crippen molar-refractivity contribution in [1.82, 2.24) is 10.2 Å². The highest BCUT2D eigenvalue weighted by atomic mass is 16.5. The number of aliphatic carboxylic acids is 1. The van der Waals surface area contributed by atoms with Crippen molar-refractivity contribution in [3.63, 3.8) is 0 Å². The highest BCUT2D eigenvalue weighted by Crippen LogP contribution is 2.44. The van der Waals surface area contributed by atoms with E-state index < -0.39 is 17.5 Å². The Hall–Kier alpha value is -3.61. The molecule has 1 unspecified atom stereocenters. The summed E-state index contributed by atoms with van der Waals surface area (Å²) in [6.45, 7) is 4.67. The summed E-state index contributed by atoms with van der Waals surface area (Å²) in [4.78, 5) is 38.6. The normalized spacial score (nSPS) is 19.6. The Balaban J connectivity index is 1.30. The molecule has 1 fully saturated rings. The summed E-state index contributed by atoms with van der Waals surface area (Å²) in [6, 6.07) is 16.3. The van der Waals surface area contributed by atoms with Crippen LogP contribution in [0.1, 0.15) is 50.2 Å². The Morgan fingerprint density at radius 1 is 1.11 bits per heavy atom. The van der Waals surface area contributed by atoms with Gasteiger partial charge in [-0.25, -0.2) is 4.79 Å². The number of hydrogen-bond acceptors (Lipinski definition) is 4. The lowest BCUT2D eigenvalue weighted by atomic mass is 9.77. The monoisotopic (exact) mass is 476 g/mol. The molecular weight excluding hydrogens is 444 g/mol. The molecular formula is C28H32N2O5. The lowest BCUT2D eigenvalue weighted by molar-refractivity contribution is -0.154. The van der Waals surface area contributed by atoms with Gasteiger partial charge in [-0.3, -0.25) is 9.59 Å². The molecule has 2 amide bonds. The largest absolute Gasteiger partial charge is 0.481 e. The van der Waals surface area contributed by atoms with E-state index >= 15 is 0 Å². The van der Waals surface area contributed by atoms with Crippen molar-refractivity contribution in [3.8, 4) is 11.1 Å². The number of ether oxygens (including phenoxy) is 1. The molecule has 35 heavy (non-hydrogen) atoms. The summed E-state index contributed by atoms with van der Waals surface area (Å²) in [5.41, 5.74) is 4.22. The van der Waals surface area contributed by atoms with Gasteiger partial charge in [-0.2, -0.15) is 0 Å². The first-order valence-corrected chi connectivity index (χ1v) is 12.1. The topological polar surface area (TPSA) is 95.9 Å². The van der Waals surface area contributed by atoms with E-state index in [1.807, 2.05) is 31.2 Å². The van der Waals surface area contributed by atoms with Crippen molar-refractivity contribution in [2.45, 2.75) is 39.0 Å². The lowest BCUT2D eigenvalue weighted by Crippen LogP contribution is -2.49. The van der Waals surface area contributed by atoms with Gasteiger partial charge in [0.25, 0.3) is 0 Å². The third-order valence-corrected chi connectivity index (χ3v) is 7.33. The third kappa shape index (κ3) is 4.94. The SMILES string of the molecule is CCC1(C(=O)O)CCCN(C(=O)/C(C)=C/CNC(=O)OCC2c3ccccc3-c3ccccc32)C1. The minimum Gasteiger partial charge on any atom is -0.481 e. The van der Waals surface area contributed by atoms with Gasteiger partial charge in [0.1, 0.15) is 6.61 Å². The summed E-state index contributed by atoms with van der Waals surface area (Å²) in [6.07, 6.45) is 2.83. The smallest absolute Gasteiger partial charge is 0.407 e. The molecule has 7 nitrogen and oxygen atoms in total. The van der Waals surface area contributed by atoms with E-state index in [2.05, 4.69) is 29.6 Å². The number of carboxylic acids is 1. The van der Waals surface area contributed by atoms with E-state index in [0.717, 1.165) is 11.1 Å². The fourth-order valence-electron chi connectivity index (χ4n) is 5.19. The number of alkyl carbamates (subject to hydrolysis) is 1. The van der Waals surface area contributed by atoms with Crippen LogP contribution in [0, 0.1) is 5.41 Å². The number of benzene rings is 2. The molecule has 4 rings (SSSR count). The van der Waals surface area contributed by atoms with Crippen molar-refractivity contribution in [2.75, 3.05) is 26.2 Å². The number of piperidine rings is 1. The molecule has 1 aliphatic carbocycles. The number of hydrogen-bond donors (Lipinski definition) is 2. The van der Waals surface area contributed by atoms with Crippen LogP contribution in [0.2, 0.25) is 0 Å². The maximum Gasteiger partial charge on any atom is 0.407 e. The predicted molar refractivity (Wildman–Crippen MR) is 133 cm³/mol. The molecule has 2 aliphatic rings. The zero-order valence-electron chi connectivity index (χ0n) is 20.3. The molecule has 1 heterocycles. The summed E-state index contributed by atoms with van der Waals surface area (Å²) in [5, 5.41) is 12.3. The molecule has 0 saturated carbocycles. The molecule has 0 spiro atoms. The Morgan fingerprint density at radius 3 is 2.34 bits per heavy atom. The first-order chi connectivity index (χ1) is 16.9. The first-order valence-electron chi connectivity index (χ1n) is 12.1. The number of nitrogens with one attached hydrogen (secondary N) is 1. The highest BCUT2D eigenvalue weighted by molar-refractivity contribution is 5.93. The Kier molecular flexibility index (Phi) is 7.24. The van der Waals surface area contributed by atoms with Gasteiger partial charge < -0.3 is 20.1 Å². The molecule has 2 aromatic rings. The van der Waals surface area contributed by atoms with Crippen molar-refractivity contribution < 1.29 is 24.2 Å². The molecule has 0 aromatic heterocycles. The number of carbonyl (C=O) groups is 3. The molecule has 0 radical (unpaired) electrons. The van der Waals surface area contributed by atoms with Crippen LogP contribution in [0.25, 0.3) is 11.1 Å². The number of carbonyl (C=O) groups excluding carboxylic acids is 2. The van der Waals surface area contributed by atoms with Crippen LogP contribution in [0.5, 0.6) is 0 Å². The zero-order valence-corrected chi connectivity index (χ0v) is 20.3. The van der Waals surface area contributed by atoms with Crippen LogP contribution in [0.15, 0.2) is 60.2 Å². The minimum atomic E-state index is -0.881. The van der Waals surface area contributed by atoms with Crippen LogP contribution in [-0.4, -0.2) is 54.2 Å². The second-order valence-electron chi connectivity index (χ2n) is 9.36. The lowest BCUT2D eigenvalue weighted by Gasteiger charge is -2.39. The van der Waals surface area contributed by atoms with Gasteiger partial charge in [0.15, 0.2) is 0 Å². The molecule has 2 N–H and O–H groups in total. The fourth-order valence-corrected chi connectivity index (χ4v) is 5.19. The van der Waals surface area contributed by atoms with Crippen molar-refractivity contribution in [2.24, 2.45) is 5.41 Å². The van der Waals surface area contributed by atoms with Gasteiger partial charge in [-0.05, 0) is 48.4 Å². The van der Waals surface area contributed by atoms with Gasteiger partial charge >= 0.3 is 12.1 Å². The number of carboxylic acid groups (broad SMARTS) is 1. The predicted octanol–water partition coefficient (Wildman–Crippen LogP) is 4.57. The number of amides is 2. The number of likely N-dealkylation sites (tertiary alicyclic amines) is 1. The van der Waals surface area contributed by atoms with Crippen molar-refractivity contribution in [3.05, 3.63) is 71.3 Å². The first kappa shape index (κ1) is 24.5.